The predicted octanol–water partition coefficient (Wildman–Crippen LogP) is 2.72. The fourth-order valence-corrected chi connectivity index (χ4v) is 3.83. The largest absolute Gasteiger partial charge is 0.534 e. The molecule has 160 valence electrons. The van der Waals surface area contributed by atoms with Crippen molar-refractivity contribution in [2.75, 3.05) is 12.3 Å². The Labute approximate surface area is 167 Å². The van der Waals surface area contributed by atoms with Crippen molar-refractivity contribution in [3.8, 4) is 17.2 Å². The van der Waals surface area contributed by atoms with Gasteiger partial charge in [-0.2, -0.15) is 21.6 Å². The van der Waals surface area contributed by atoms with Crippen LogP contribution in [0.1, 0.15) is 17.5 Å². The van der Waals surface area contributed by atoms with Crippen molar-refractivity contribution in [1.29, 1.82) is 0 Å². The summed E-state index contributed by atoms with van der Waals surface area (Å²) in [7, 11) is -6.03. The molecule has 8 nitrogen and oxygen atoms in total. The number of amidine groups is 1. The van der Waals surface area contributed by atoms with Crippen molar-refractivity contribution in [2.24, 2.45) is 10.7 Å². The lowest BCUT2D eigenvalue weighted by Crippen LogP contribution is -2.39. The molecule has 2 aromatic carbocycles. The molecule has 0 aliphatic carbocycles. The van der Waals surface area contributed by atoms with E-state index in [4.69, 9.17) is 20.9 Å². The van der Waals surface area contributed by atoms with Gasteiger partial charge >= 0.3 is 15.6 Å². The summed E-state index contributed by atoms with van der Waals surface area (Å²) >= 11 is 0. The predicted molar refractivity (Wildman–Crippen MR) is 95.9 cm³/mol. The fourth-order valence-electron chi connectivity index (χ4n) is 3.39. The molecular formula is C17H13F4N3O5S. The summed E-state index contributed by atoms with van der Waals surface area (Å²) in [5.41, 5.74) is 5.01. The summed E-state index contributed by atoms with van der Waals surface area (Å²) in [6.07, 6.45) is 0.0927. The summed E-state index contributed by atoms with van der Waals surface area (Å²) in [6.45, 7) is 0.0383. The fraction of sp³-hybridized carbons (Fsp3) is 0.235. The second-order valence-electron chi connectivity index (χ2n) is 6.53. The molecule has 0 aromatic heterocycles. The molecule has 1 spiro atoms. The monoisotopic (exact) mass is 447 g/mol. The summed E-state index contributed by atoms with van der Waals surface area (Å²) < 4.78 is 90.5. The SMILES string of the molecule is NC1=NC2(CCO1)c1cc(N)ccc1Oc1c(F)cc(OS(=O)(=O)C(F)(F)F)cc12. The van der Waals surface area contributed by atoms with Gasteiger partial charge in [-0.05, 0) is 24.3 Å². The molecule has 0 fully saturated rings. The van der Waals surface area contributed by atoms with Crippen LogP contribution in [0.25, 0.3) is 0 Å². The zero-order chi connectivity index (χ0) is 21.9. The molecule has 2 heterocycles. The quantitative estimate of drug-likeness (QED) is 0.314. The number of hydrogen-bond acceptors (Lipinski definition) is 8. The van der Waals surface area contributed by atoms with E-state index in [1.54, 1.807) is 0 Å². The zero-order valence-electron chi connectivity index (χ0n) is 14.9. The highest BCUT2D eigenvalue weighted by atomic mass is 32.2. The van der Waals surface area contributed by atoms with Gasteiger partial charge in [0, 0.05) is 29.3 Å². The zero-order valence-corrected chi connectivity index (χ0v) is 15.7. The highest BCUT2D eigenvalue weighted by molar-refractivity contribution is 7.88. The Bertz CT molecular complexity index is 1180. The highest BCUT2D eigenvalue weighted by Crippen LogP contribution is 2.54. The first-order valence-corrected chi connectivity index (χ1v) is 9.74. The summed E-state index contributed by atoms with van der Waals surface area (Å²) in [5.74, 6) is -2.21. The van der Waals surface area contributed by atoms with E-state index in [2.05, 4.69) is 9.18 Å². The van der Waals surface area contributed by atoms with Gasteiger partial charge in [-0.3, -0.25) is 0 Å². The highest BCUT2D eigenvalue weighted by Gasteiger charge is 2.50. The standard InChI is InChI=1S/C17H13F4N3O5S/c18-12-7-9(29-30(25,26)17(19,20)21)6-11-14(12)28-13-2-1-8(22)5-10(13)16(11)3-4-27-15(23)24-16/h1-2,5-7H,3-4,22H2,(H2,23,24). The van der Waals surface area contributed by atoms with Crippen LogP contribution >= 0.6 is 0 Å². The van der Waals surface area contributed by atoms with Crippen molar-refractivity contribution in [1.82, 2.24) is 0 Å². The molecule has 0 bridgehead atoms. The second kappa shape index (κ2) is 6.39. The van der Waals surface area contributed by atoms with Gasteiger partial charge in [0.1, 0.15) is 17.0 Å². The Hall–Kier alpha value is -3.22. The third kappa shape index (κ3) is 3.05. The average molecular weight is 447 g/mol. The van der Waals surface area contributed by atoms with Crippen molar-refractivity contribution in [2.45, 2.75) is 17.5 Å². The molecule has 2 aliphatic rings. The molecular weight excluding hydrogens is 434 g/mol. The number of ether oxygens (including phenoxy) is 2. The van der Waals surface area contributed by atoms with E-state index < -0.39 is 32.7 Å². The molecule has 30 heavy (non-hydrogen) atoms. The van der Waals surface area contributed by atoms with Gasteiger partial charge < -0.3 is 25.1 Å². The van der Waals surface area contributed by atoms with Gasteiger partial charge in [-0.25, -0.2) is 9.38 Å². The maximum atomic E-state index is 14.8. The minimum atomic E-state index is -6.03. The van der Waals surface area contributed by atoms with Crippen molar-refractivity contribution >= 4 is 21.8 Å². The lowest BCUT2D eigenvalue weighted by molar-refractivity contribution is -0.0500. The Morgan fingerprint density at radius 2 is 1.87 bits per heavy atom. The molecule has 0 radical (unpaired) electrons. The van der Waals surface area contributed by atoms with Crippen LogP contribution in [0.3, 0.4) is 0 Å². The van der Waals surface area contributed by atoms with Gasteiger partial charge in [-0.1, -0.05) is 0 Å². The van der Waals surface area contributed by atoms with Gasteiger partial charge in [-0.15, -0.1) is 0 Å². The van der Waals surface area contributed by atoms with Crippen molar-refractivity contribution in [3.63, 3.8) is 0 Å². The van der Waals surface area contributed by atoms with Gasteiger partial charge in [0.15, 0.2) is 11.6 Å². The van der Waals surface area contributed by atoms with E-state index in [9.17, 15) is 26.0 Å². The molecule has 1 unspecified atom stereocenters. The van der Waals surface area contributed by atoms with E-state index >= 15 is 0 Å². The number of anilines is 1. The number of hydrogen-bond donors (Lipinski definition) is 2. The van der Waals surface area contributed by atoms with Crippen LogP contribution < -0.4 is 20.4 Å². The maximum absolute atomic E-state index is 14.8. The molecule has 0 saturated heterocycles. The Morgan fingerprint density at radius 3 is 2.53 bits per heavy atom. The smallest absolute Gasteiger partial charge is 0.465 e. The Balaban J connectivity index is 1.95. The van der Waals surface area contributed by atoms with Crippen LogP contribution in [0.4, 0.5) is 23.2 Å². The molecule has 0 amide bonds. The van der Waals surface area contributed by atoms with Crippen molar-refractivity contribution in [3.05, 3.63) is 47.3 Å². The van der Waals surface area contributed by atoms with Crippen LogP contribution in [0.5, 0.6) is 17.2 Å². The summed E-state index contributed by atoms with van der Waals surface area (Å²) in [6, 6.07) is 5.62. The van der Waals surface area contributed by atoms with E-state index in [1.807, 2.05) is 0 Å². The Kier molecular flexibility index (Phi) is 4.27. The number of fused-ring (bicyclic) bond motifs is 4. The van der Waals surface area contributed by atoms with Crippen LogP contribution in [-0.4, -0.2) is 26.6 Å². The van der Waals surface area contributed by atoms with Gasteiger partial charge in [0.2, 0.25) is 0 Å². The topological polar surface area (TPSA) is 126 Å². The number of nitrogens with zero attached hydrogens (tertiary/aromatic N) is 1. The van der Waals surface area contributed by atoms with E-state index in [1.165, 1.54) is 18.2 Å². The second-order valence-corrected chi connectivity index (χ2v) is 8.07. The van der Waals surface area contributed by atoms with Crippen LogP contribution in [0.15, 0.2) is 35.3 Å². The first kappa shape index (κ1) is 20.1. The van der Waals surface area contributed by atoms with Gasteiger partial charge in [0.05, 0.1) is 6.61 Å². The third-order valence-electron chi connectivity index (χ3n) is 4.63. The molecule has 1 atom stereocenters. The van der Waals surface area contributed by atoms with E-state index in [-0.39, 0.29) is 36.1 Å². The number of alkyl halides is 3. The number of rotatable bonds is 2. The van der Waals surface area contributed by atoms with Crippen LogP contribution in [-0.2, 0) is 20.4 Å². The number of nitrogens with two attached hydrogens (primary N) is 2. The average Bonchev–Trinajstić information content (AvgIpc) is 2.62. The van der Waals surface area contributed by atoms with E-state index in [0.29, 0.717) is 17.3 Å². The van der Waals surface area contributed by atoms with Crippen LogP contribution in [0.2, 0.25) is 0 Å². The number of halogens is 4. The number of aliphatic imine (C=N–C) groups is 1. The molecule has 4 N–H and O–H groups in total. The minimum Gasteiger partial charge on any atom is -0.465 e. The molecule has 2 aromatic rings. The van der Waals surface area contributed by atoms with Gasteiger partial charge in [0.25, 0.3) is 6.02 Å². The summed E-state index contributed by atoms with van der Waals surface area (Å²) in [4.78, 5) is 4.27. The molecule has 2 aliphatic heterocycles. The van der Waals surface area contributed by atoms with Crippen molar-refractivity contribution < 1.29 is 39.6 Å². The lowest BCUT2D eigenvalue weighted by Gasteiger charge is -2.39. The summed E-state index contributed by atoms with van der Waals surface area (Å²) in [5, 5.41) is 0. The number of benzene rings is 2. The minimum absolute atomic E-state index is 0.0383. The third-order valence-corrected chi connectivity index (χ3v) is 5.61. The number of nitrogen functional groups attached to an aromatic ring is 1. The normalized spacial score (nSPS) is 20.5. The maximum Gasteiger partial charge on any atom is 0.534 e. The van der Waals surface area contributed by atoms with E-state index in [0.717, 1.165) is 6.07 Å². The first-order chi connectivity index (χ1) is 13.9. The molecule has 0 saturated carbocycles. The molecule has 4 rings (SSSR count). The van der Waals surface area contributed by atoms with Crippen LogP contribution in [0, 0.1) is 5.82 Å². The lowest BCUT2D eigenvalue weighted by atomic mass is 9.77. The molecule has 13 heteroatoms. The Morgan fingerprint density at radius 1 is 1.13 bits per heavy atom. The first-order valence-electron chi connectivity index (χ1n) is 8.34.